The fraction of sp³-hybridized carbons (Fsp3) is 0.875. The standard InChI is InChI=1S/C8H13BrO2/c9-7-3-1-2-6(4-5-7)8(10)11/h6-7H,1-5H2,(H,10,11)/t6-,7?/m0/s1. The average molecular weight is 221 g/mol. The Kier molecular flexibility index (Phi) is 3.37. The van der Waals surface area contributed by atoms with E-state index in [1.165, 1.54) is 0 Å². The molecule has 0 amide bonds. The molecule has 2 nitrogen and oxygen atoms in total. The molecule has 1 fully saturated rings. The van der Waals surface area contributed by atoms with Gasteiger partial charge in [0, 0.05) is 4.83 Å². The van der Waals surface area contributed by atoms with Crippen LogP contribution in [0.3, 0.4) is 0 Å². The molecular weight excluding hydrogens is 208 g/mol. The van der Waals surface area contributed by atoms with Gasteiger partial charge in [0.2, 0.25) is 0 Å². The Morgan fingerprint density at radius 2 is 2.00 bits per heavy atom. The predicted molar refractivity (Wildman–Crippen MR) is 46.9 cm³/mol. The first-order valence-electron chi connectivity index (χ1n) is 4.07. The molecule has 3 heteroatoms. The third kappa shape index (κ3) is 2.81. The zero-order chi connectivity index (χ0) is 8.27. The number of hydrogen-bond acceptors (Lipinski definition) is 1. The first-order valence-corrected chi connectivity index (χ1v) is 4.98. The maximum atomic E-state index is 10.6. The van der Waals surface area contributed by atoms with Crippen molar-refractivity contribution in [2.45, 2.75) is 36.9 Å². The molecule has 0 aromatic heterocycles. The lowest BCUT2D eigenvalue weighted by molar-refractivity contribution is -0.142. The second kappa shape index (κ2) is 4.10. The van der Waals surface area contributed by atoms with Crippen molar-refractivity contribution in [2.24, 2.45) is 5.92 Å². The van der Waals surface area contributed by atoms with Crippen LogP contribution in [-0.2, 0) is 4.79 Å². The van der Waals surface area contributed by atoms with Gasteiger partial charge in [-0.25, -0.2) is 0 Å². The number of aliphatic carboxylic acids is 1. The molecule has 2 atom stereocenters. The van der Waals surface area contributed by atoms with Gasteiger partial charge in [0.15, 0.2) is 0 Å². The third-order valence-corrected chi connectivity index (χ3v) is 3.16. The summed E-state index contributed by atoms with van der Waals surface area (Å²) < 4.78 is 0. The monoisotopic (exact) mass is 220 g/mol. The predicted octanol–water partition coefficient (Wildman–Crippen LogP) is 2.41. The van der Waals surface area contributed by atoms with Gasteiger partial charge in [0.05, 0.1) is 5.92 Å². The Labute approximate surface area is 75.1 Å². The zero-order valence-corrected chi connectivity index (χ0v) is 8.01. The highest BCUT2D eigenvalue weighted by Crippen LogP contribution is 2.27. The Morgan fingerprint density at radius 1 is 1.27 bits per heavy atom. The molecule has 11 heavy (non-hydrogen) atoms. The van der Waals surface area contributed by atoms with Crippen molar-refractivity contribution >= 4 is 21.9 Å². The maximum absolute atomic E-state index is 10.6. The minimum absolute atomic E-state index is 0.0856. The van der Waals surface area contributed by atoms with Gasteiger partial charge < -0.3 is 5.11 Å². The van der Waals surface area contributed by atoms with Gasteiger partial charge in [-0.2, -0.15) is 0 Å². The van der Waals surface area contributed by atoms with Crippen molar-refractivity contribution < 1.29 is 9.90 Å². The van der Waals surface area contributed by atoms with Gasteiger partial charge in [-0.15, -0.1) is 0 Å². The normalized spacial score (nSPS) is 32.8. The highest BCUT2D eigenvalue weighted by atomic mass is 79.9. The summed E-state index contributed by atoms with van der Waals surface area (Å²) in [5.74, 6) is -0.704. The third-order valence-electron chi connectivity index (χ3n) is 2.25. The van der Waals surface area contributed by atoms with Crippen LogP contribution in [0.4, 0.5) is 0 Å². The number of halogens is 1. The van der Waals surface area contributed by atoms with Crippen LogP contribution in [0.2, 0.25) is 0 Å². The lowest BCUT2D eigenvalue weighted by Gasteiger charge is -2.06. The smallest absolute Gasteiger partial charge is 0.306 e. The fourth-order valence-electron chi connectivity index (χ4n) is 1.50. The van der Waals surface area contributed by atoms with Gasteiger partial charge >= 0.3 is 5.97 Å². The Balaban J connectivity index is 2.40. The van der Waals surface area contributed by atoms with Gasteiger partial charge in [-0.05, 0) is 25.7 Å². The minimum Gasteiger partial charge on any atom is -0.481 e. The van der Waals surface area contributed by atoms with E-state index in [1.54, 1.807) is 0 Å². The van der Waals surface area contributed by atoms with Crippen molar-refractivity contribution in [1.82, 2.24) is 0 Å². The van der Waals surface area contributed by atoms with Crippen LogP contribution in [0.1, 0.15) is 32.1 Å². The molecule has 0 spiro atoms. The summed E-state index contributed by atoms with van der Waals surface area (Å²) in [4.78, 5) is 11.1. The van der Waals surface area contributed by atoms with E-state index in [0.29, 0.717) is 4.83 Å². The van der Waals surface area contributed by atoms with Crippen LogP contribution in [0.25, 0.3) is 0 Å². The topological polar surface area (TPSA) is 37.3 Å². The lowest BCUT2D eigenvalue weighted by Crippen LogP contribution is -2.12. The summed E-state index contributed by atoms with van der Waals surface area (Å²) in [6, 6.07) is 0. The highest BCUT2D eigenvalue weighted by molar-refractivity contribution is 9.09. The Morgan fingerprint density at radius 3 is 2.64 bits per heavy atom. The first-order chi connectivity index (χ1) is 5.20. The number of hydrogen-bond donors (Lipinski definition) is 1. The highest BCUT2D eigenvalue weighted by Gasteiger charge is 2.21. The van der Waals surface area contributed by atoms with Crippen molar-refractivity contribution in [1.29, 1.82) is 0 Å². The Hall–Kier alpha value is -0.0500. The summed E-state index contributed by atoms with van der Waals surface area (Å²) in [7, 11) is 0. The van der Waals surface area contributed by atoms with Gasteiger partial charge in [-0.3, -0.25) is 4.79 Å². The van der Waals surface area contributed by atoms with Crippen molar-refractivity contribution in [3.05, 3.63) is 0 Å². The quantitative estimate of drug-likeness (QED) is 0.545. The lowest BCUT2D eigenvalue weighted by atomic mass is 10.0. The second-order valence-corrected chi connectivity index (χ2v) is 4.44. The summed E-state index contributed by atoms with van der Waals surface area (Å²) in [6.07, 6.45) is 4.89. The van der Waals surface area contributed by atoms with E-state index >= 15 is 0 Å². The molecular formula is C8H13BrO2. The van der Waals surface area contributed by atoms with Crippen LogP contribution >= 0.6 is 15.9 Å². The summed E-state index contributed by atoms with van der Waals surface area (Å²) in [5.41, 5.74) is 0. The largest absolute Gasteiger partial charge is 0.481 e. The molecule has 0 saturated heterocycles. The van der Waals surface area contributed by atoms with E-state index in [4.69, 9.17) is 5.11 Å². The number of carboxylic acid groups (broad SMARTS) is 1. The molecule has 1 unspecified atom stereocenters. The molecule has 64 valence electrons. The Bertz CT molecular complexity index is 147. The maximum Gasteiger partial charge on any atom is 0.306 e. The zero-order valence-electron chi connectivity index (χ0n) is 6.42. The molecule has 0 aromatic carbocycles. The second-order valence-electron chi connectivity index (χ2n) is 3.14. The molecule has 0 aliphatic heterocycles. The number of carbonyl (C=O) groups is 1. The van der Waals surface area contributed by atoms with Crippen molar-refractivity contribution in [2.75, 3.05) is 0 Å². The van der Waals surface area contributed by atoms with Gasteiger partial charge in [-0.1, -0.05) is 22.4 Å². The molecule has 0 aromatic rings. The van der Waals surface area contributed by atoms with Crippen LogP contribution in [0, 0.1) is 5.92 Å². The molecule has 1 rings (SSSR count). The summed E-state index contributed by atoms with van der Waals surface area (Å²) in [5, 5.41) is 8.73. The first kappa shape index (κ1) is 9.04. The number of alkyl halides is 1. The van der Waals surface area contributed by atoms with Crippen LogP contribution in [0.5, 0.6) is 0 Å². The number of carboxylic acids is 1. The van der Waals surface area contributed by atoms with Crippen molar-refractivity contribution in [3.8, 4) is 0 Å². The minimum atomic E-state index is -0.619. The van der Waals surface area contributed by atoms with Crippen LogP contribution in [-0.4, -0.2) is 15.9 Å². The molecule has 0 radical (unpaired) electrons. The fourth-order valence-corrected chi connectivity index (χ4v) is 2.09. The van der Waals surface area contributed by atoms with E-state index in [-0.39, 0.29) is 5.92 Å². The van der Waals surface area contributed by atoms with E-state index < -0.39 is 5.97 Å². The van der Waals surface area contributed by atoms with Crippen LogP contribution in [0.15, 0.2) is 0 Å². The molecule has 1 aliphatic rings. The number of rotatable bonds is 1. The van der Waals surface area contributed by atoms with Gasteiger partial charge in [0.1, 0.15) is 0 Å². The molecule has 0 heterocycles. The SMILES string of the molecule is O=C(O)[C@H]1CCCC(Br)CC1. The van der Waals surface area contributed by atoms with E-state index in [2.05, 4.69) is 15.9 Å². The summed E-state index contributed by atoms with van der Waals surface area (Å²) >= 11 is 3.52. The summed E-state index contributed by atoms with van der Waals surface area (Å²) in [6.45, 7) is 0. The van der Waals surface area contributed by atoms with Gasteiger partial charge in [0.25, 0.3) is 0 Å². The average Bonchev–Trinajstić information content (AvgIpc) is 2.13. The van der Waals surface area contributed by atoms with Crippen molar-refractivity contribution in [3.63, 3.8) is 0 Å². The van der Waals surface area contributed by atoms with Crippen LogP contribution < -0.4 is 0 Å². The van der Waals surface area contributed by atoms with E-state index in [1.807, 2.05) is 0 Å². The molecule has 1 aliphatic carbocycles. The molecule has 1 saturated carbocycles. The van der Waals surface area contributed by atoms with E-state index in [9.17, 15) is 4.79 Å². The van der Waals surface area contributed by atoms with E-state index in [0.717, 1.165) is 32.1 Å². The molecule has 1 N–H and O–H groups in total. The molecule has 0 bridgehead atoms.